The number of aromatic nitrogens is 4. The average molecular weight is 358 g/mol. The maximum atomic E-state index is 13.1. The summed E-state index contributed by atoms with van der Waals surface area (Å²) in [5, 5.41) is 6.38. The van der Waals surface area contributed by atoms with Crippen LogP contribution in [0, 0.1) is 0 Å². The first-order chi connectivity index (χ1) is 12.4. The predicted octanol–water partition coefficient (Wildman–Crippen LogP) is 2.03. The van der Waals surface area contributed by atoms with Crippen LogP contribution < -0.4 is 16.3 Å². The van der Waals surface area contributed by atoms with E-state index in [0.717, 1.165) is 18.6 Å². The zero-order valence-corrected chi connectivity index (χ0v) is 16.1. The van der Waals surface area contributed by atoms with Crippen molar-refractivity contribution in [1.82, 2.24) is 18.7 Å². The van der Waals surface area contributed by atoms with Crippen LogP contribution in [-0.4, -0.2) is 30.9 Å². The summed E-state index contributed by atoms with van der Waals surface area (Å²) in [6.45, 7) is 8.90. The lowest BCUT2D eigenvalue weighted by Crippen LogP contribution is -2.40. The number of hydrogen-bond donors (Lipinski definition) is 0. The summed E-state index contributed by atoms with van der Waals surface area (Å²) < 4.78 is 4.70. The van der Waals surface area contributed by atoms with Crippen LogP contribution in [0.1, 0.15) is 46.6 Å². The number of imidazole rings is 1. The average Bonchev–Trinajstić information content (AvgIpc) is 3.03. The van der Waals surface area contributed by atoms with Gasteiger partial charge in [-0.3, -0.25) is 18.5 Å². The molecule has 26 heavy (non-hydrogen) atoms. The third-order valence-corrected chi connectivity index (χ3v) is 4.91. The molecule has 8 heteroatoms. The summed E-state index contributed by atoms with van der Waals surface area (Å²) in [5.74, 6) is 0.594. The highest BCUT2D eigenvalue weighted by Crippen LogP contribution is 2.29. The van der Waals surface area contributed by atoms with Gasteiger partial charge in [0.25, 0.3) is 5.56 Å². The Bertz CT molecular complexity index is 1010. The van der Waals surface area contributed by atoms with Gasteiger partial charge in [-0.25, -0.2) is 9.80 Å². The lowest BCUT2D eigenvalue weighted by atomic mass is 10.2. The minimum absolute atomic E-state index is 0.0957. The number of hydrazone groups is 1. The van der Waals surface area contributed by atoms with Gasteiger partial charge in [-0.05, 0) is 27.2 Å². The molecule has 0 bridgehead atoms. The van der Waals surface area contributed by atoms with Crippen molar-refractivity contribution in [1.29, 1.82) is 0 Å². The Morgan fingerprint density at radius 1 is 1.27 bits per heavy atom. The Morgan fingerprint density at radius 2 is 2.00 bits per heavy atom. The quantitative estimate of drug-likeness (QED) is 0.766. The van der Waals surface area contributed by atoms with Crippen LogP contribution in [0.25, 0.3) is 11.2 Å². The van der Waals surface area contributed by atoms with E-state index in [1.165, 1.54) is 9.13 Å². The fraction of sp³-hybridized carbons (Fsp3) is 0.556. The van der Waals surface area contributed by atoms with Gasteiger partial charge in [-0.15, -0.1) is 0 Å². The minimum atomic E-state index is -0.323. The molecule has 0 aliphatic carbocycles. The molecule has 0 saturated heterocycles. The number of nitrogens with zero attached hydrogens (tertiary/aromatic N) is 6. The van der Waals surface area contributed by atoms with Crippen molar-refractivity contribution in [2.45, 2.75) is 53.1 Å². The second-order valence-corrected chi connectivity index (χ2v) is 6.67. The van der Waals surface area contributed by atoms with E-state index < -0.39 is 0 Å². The molecule has 0 spiro atoms. The van der Waals surface area contributed by atoms with E-state index in [1.807, 2.05) is 44.4 Å². The molecule has 2 aromatic heterocycles. The van der Waals surface area contributed by atoms with Gasteiger partial charge >= 0.3 is 5.69 Å². The summed E-state index contributed by atoms with van der Waals surface area (Å²) in [7, 11) is 1.67. The number of unbranched alkanes of at least 4 members (excludes halogenated alkanes) is 1. The Morgan fingerprint density at radius 3 is 2.65 bits per heavy atom. The molecular weight excluding hydrogens is 332 g/mol. The molecule has 3 rings (SSSR count). The molecule has 1 aliphatic heterocycles. The molecule has 2 aromatic rings. The molecule has 0 saturated carbocycles. The van der Waals surface area contributed by atoms with Crippen molar-refractivity contribution in [2.75, 3.05) is 11.6 Å². The van der Waals surface area contributed by atoms with Crippen molar-refractivity contribution in [3.05, 3.63) is 33.0 Å². The number of rotatable bonds is 5. The fourth-order valence-corrected chi connectivity index (χ4v) is 3.22. The van der Waals surface area contributed by atoms with Gasteiger partial charge in [0.1, 0.15) is 0 Å². The Labute approximate surface area is 152 Å². The molecule has 1 aliphatic rings. The van der Waals surface area contributed by atoms with Gasteiger partial charge in [0.15, 0.2) is 11.2 Å². The molecular formula is C18H26N6O2. The standard InChI is InChI=1S/C18H26N6O2/c1-6-8-10-22-16(25)14-15(21(5)18(22)26)19-17-23(11-9-7-2)20-12(3)13(4)24(14)17/h7,9,13H,6,8,10-11H2,1-5H3/b9-7+. The maximum absolute atomic E-state index is 13.1. The van der Waals surface area contributed by atoms with Crippen LogP contribution in [0.15, 0.2) is 26.8 Å². The molecule has 0 aromatic carbocycles. The summed E-state index contributed by atoms with van der Waals surface area (Å²) >= 11 is 0. The van der Waals surface area contributed by atoms with Crippen LogP contribution >= 0.6 is 0 Å². The highest BCUT2D eigenvalue weighted by atomic mass is 16.2. The SMILES string of the molecule is C/C=C/CN1N=C(C)C(C)n2c1nc1c2c(=O)n(CCCC)c(=O)n1C. The van der Waals surface area contributed by atoms with Gasteiger partial charge in [-0.2, -0.15) is 10.1 Å². The Hall–Kier alpha value is -2.64. The number of aryl methyl sites for hydroxylation is 1. The molecule has 0 N–H and O–H groups in total. The van der Waals surface area contributed by atoms with Crippen LogP contribution in [0.3, 0.4) is 0 Å². The van der Waals surface area contributed by atoms with E-state index in [0.29, 0.717) is 30.2 Å². The van der Waals surface area contributed by atoms with E-state index >= 15 is 0 Å². The topological polar surface area (TPSA) is 77.4 Å². The van der Waals surface area contributed by atoms with Gasteiger partial charge in [0, 0.05) is 13.6 Å². The minimum Gasteiger partial charge on any atom is -0.294 e. The molecule has 3 heterocycles. The molecule has 8 nitrogen and oxygen atoms in total. The molecule has 0 fully saturated rings. The fourth-order valence-electron chi connectivity index (χ4n) is 3.22. The normalized spacial score (nSPS) is 17.2. The highest BCUT2D eigenvalue weighted by molar-refractivity contribution is 5.91. The number of allylic oxidation sites excluding steroid dienone is 1. The van der Waals surface area contributed by atoms with Crippen molar-refractivity contribution >= 4 is 22.8 Å². The number of anilines is 1. The zero-order valence-electron chi connectivity index (χ0n) is 16.1. The largest absolute Gasteiger partial charge is 0.332 e. The monoisotopic (exact) mass is 358 g/mol. The molecule has 140 valence electrons. The first-order valence-corrected chi connectivity index (χ1v) is 9.07. The van der Waals surface area contributed by atoms with Crippen molar-refractivity contribution in [2.24, 2.45) is 12.1 Å². The first kappa shape index (κ1) is 18.2. The second kappa shape index (κ2) is 6.93. The van der Waals surface area contributed by atoms with Crippen LogP contribution in [0.5, 0.6) is 0 Å². The van der Waals surface area contributed by atoms with E-state index in [1.54, 1.807) is 12.1 Å². The van der Waals surface area contributed by atoms with E-state index in [2.05, 4.69) is 10.1 Å². The second-order valence-electron chi connectivity index (χ2n) is 6.67. The molecule has 1 atom stereocenters. The van der Waals surface area contributed by atoms with Crippen molar-refractivity contribution in [3.63, 3.8) is 0 Å². The first-order valence-electron chi connectivity index (χ1n) is 9.07. The number of fused-ring (bicyclic) bond motifs is 3. The molecule has 1 unspecified atom stereocenters. The van der Waals surface area contributed by atoms with E-state index in [4.69, 9.17) is 0 Å². The van der Waals surface area contributed by atoms with Crippen LogP contribution in [-0.2, 0) is 13.6 Å². The van der Waals surface area contributed by atoms with Crippen LogP contribution in [0.2, 0.25) is 0 Å². The lowest BCUT2D eigenvalue weighted by molar-refractivity contribution is 0.563. The predicted molar refractivity (Wildman–Crippen MR) is 104 cm³/mol. The van der Waals surface area contributed by atoms with Crippen molar-refractivity contribution in [3.8, 4) is 0 Å². The number of hydrogen-bond acceptors (Lipinski definition) is 5. The van der Waals surface area contributed by atoms with E-state index in [9.17, 15) is 9.59 Å². The van der Waals surface area contributed by atoms with Crippen LogP contribution in [0.4, 0.5) is 5.95 Å². The smallest absolute Gasteiger partial charge is 0.294 e. The van der Waals surface area contributed by atoms with Gasteiger partial charge in [0.2, 0.25) is 5.95 Å². The summed E-state index contributed by atoms with van der Waals surface area (Å²) in [6.07, 6.45) is 5.63. The van der Waals surface area contributed by atoms with Gasteiger partial charge in [-0.1, -0.05) is 25.5 Å². The Balaban J connectivity index is 2.32. The molecule has 0 amide bonds. The Kier molecular flexibility index (Phi) is 4.84. The lowest BCUT2D eigenvalue weighted by Gasteiger charge is -2.28. The third-order valence-electron chi connectivity index (χ3n) is 4.91. The molecule has 0 radical (unpaired) electrons. The van der Waals surface area contributed by atoms with E-state index in [-0.39, 0.29) is 17.3 Å². The zero-order chi connectivity index (χ0) is 19.0. The van der Waals surface area contributed by atoms with Crippen molar-refractivity contribution < 1.29 is 0 Å². The highest BCUT2D eigenvalue weighted by Gasteiger charge is 2.30. The summed E-state index contributed by atoms with van der Waals surface area (Å²) in [6, 6.07) is -0.0957. The van der Waals surface area contributed by atoms with Gasteiger partial charge in [0.05, 0.1) is 18.3 Å². The third kappa shape index (κ3) is 2.69. The maximum Gasteiger partial charge on any atom is 0.332 e. The summed E-state index contributed by atoms with van der Waals surface area (Å²) in [4.78, 5) is 30.4. The van der Waals surface area contributed by atoms with Gasteiger partial charge < -0.3 is 0 Å². The summed E-state index contributed by atoms with van der Waals surface area (Å²) in [5.41, 5.74) is 1.17.